The number of nitrogen functional groups attached to an aromatic ring is 1. The van der Waals surface area contributed by atoms with Gasteiger partial charge in [0.05, 0.1) is 25.5 Å². The third kappa shape index (κ3) is 1.89. The number of methoxy groups -OCH3 is 1. The van der Waals surface area contributed by atoms with Gasteiger partial charge in [-0.15, -0.1) is 11.3 Å². The molecule has 0 aromatic carbocycles. The van der Waals surface area contributed by atoms with Crippen molar-refractivity contribution < 1.29 is 9.53 Å². The van der Waals surface area contributed by atoms with E-state index in [1.165, 1.54) is 24.8 Å². The summed E-state index contributed by atoms with van der Waals surface area (Å²) >= 11 is 1.52. The molecular formula is C9H10N4O2S. The van der Waals surface area contributed by atoms with Gasteiger partial charge in [-0.25, -0.2) is 9.78 Å². The first-order chi connectivity index (χ1) is 7.72. The predicted molar refractivity (Wildman–Crippen MR) is 59.2 cm³/mol. The summed E-state index contributed by atoms with van der Waals surface area (Å²) in [6.45, 7) is 0.556. The van der Waals surface area contributed by atoms with Gasteiger partial charge in [-0.05, 0) is 0 Å². The lowest BCUT2D eigenvalue weighted by molar-refractivity contribution is 0.0596. The predicted octanol–water partition coefficient (Wildman–Crippen LogP) is 0.757. The average Bonchev–Trinajstić information content (AvgIpc) is 2.90. The van der Waals surface area contributed by atoms with Crippen LogP contribution in [0.3, 0.4) is 0 Å². The van der Waals surface area contributed by atoms with Gasteiger partial charge in [0.15, 0.2) is 5.69 Å². The van der Waals surface area contributed by atoms with Crippen LogP contribution in [0.25, 0.3) is 0 Å². The Kier molecular flexibility index (Phi) is 2.86. The molecule has 6 nitrogen and oxygen atoms in total. The zero-order valence-electron chi connectivity index (χ0n) is 8.58. The Balaban J connectivity index is 2.23. The second-order valence-corrected chi connectivity index (χ2v) is 4.04. The molecule has 7 heteroatoms. The molecule has 0 saturated carbocycles. The molecule has 0 spiro atoms. The highest BCUT2D eigenvalue weighted by atomic mass is 32.1. The van der Waals surface area contributed by atoms with Gasteiger partial charge in [0.2, 0.25) is 0 Å². The molecule has 0 amide bonds. The Morgan fingerprint density at radius 1 is 1.69 bits per heavy atom. The number of aromatic nitrogens is 3. The molecule has 0 aliphatic carbocycles. The quantitative estimate of drug-likeness (QED) is 0.798. The first kappa shape index (κ1) is 10.6. The Bertz CT molecular complexity index is 492. The molecule has 0 atom stereocenters. The second-order valence-electron chi connectivity index (χ2n) is 3.07. The van der Waals surface area contributed by atoms with Crippen LogP contribution in [-0.4, -0.2) is 27.6 Å². The van der Waals surface area contributed by atoms with Crippen molar-refractivity contribution >= 4 is 23.1 Å². The lowest BCUT2D eigenvalue weighted by Crippen LogP contribution is -2.08. The zero-order valence-corrected chi connectivity index (χ0v) is 9.40. The van der Waals surface area contributed by atoms with Crippen molar-refractivity contribution in [2.75, 3.05) is 12.8 Å². The summed E-state index contributed by atoms with van der Waals surface area (Å²) in [4.78, 5) is 20.2. The number of esters is 1. The van der Waals surface area contributed by atoms with Crippen molar-refractivity contribution in [2.45, 2.75) is 6.54 Å². The minimum atomic E-state index is -0.527. The molecule has 0 aliphatic rings. The number of nitrogens with two attached hydrogens (primary N) is 1. The van der Waals surface area contributed by atoms with E-state index in [4.69, 9.17) is 5.73 Å². The van der Waals surface area contributed by atoms with Crippen molar-refractivity contribution in [3.05, 3.63) is 28.6 Å². The SMILES string of the molecule is COC(=O)c1ncn(Cc2cncs2)c1N. The van der Waals surface area contributed by atoms with Crippen LogP contribution in [0.5, 0.6) is 0 Å². The van der Waals surface area contributed by atoms with E-state index in [0.717, 1.165) is 4.88 Å². The summed E-state index contributed by atoms with van der Waals surface area (Å²) < 4.78 is 6.24. The summed E-state index contributed by atoms with van der Waals surface area (Å²) in [6, 6.07) is 0. The molecule has 0 bridgehead atoms. The van der Waals surface area contributed by atoms with E-state index in [1.807, 2.05) is 0 Å². The van der Waals surface area contributed by atoms with E-state index in [1.54, 1.807) is 16.3 Å². The molecule has 0 aliphatic heterocycles. The maximum atomic E-state index is 11.3. The van der Waals surface area contributed by atoms with Crippen LogP contribution >= 0.6 is 11.3 Å². The maximum Gasteiger partial charge on any atom is 0.360 e. The lowest BCUT2D eigenvalue weighted by atomic mass is 10.4. The Labute approximate surface area is 95.7 Å². The van der Waals surface area contributed by atoms with Crippen LogP contribution in [0.15, 0.2) is 18.0 Å². The standard InChI is InChI=1S/C9H10N4O2S/c1-15-9(14)7-8(10)13(4-12-7)3-6-2-11-5-16-6/h2,4-5H,3,10H2,1H3. The largest absolute Gasteiger partial charge is 0.464 e. The molecule has 2 aromatic rings. The van der Waals surface area contributed by atoms with Gasteiger partial charge in [0.25, 0.3) is 0 Å². The number of carbonyl (C=O) groups excluding carboxylic acids is 1. The van der Waals surface area contributed by atoms with Crippen molar-refractivity contribution in [2.24, 2.45) is 0 Å². The molecule has 84 valence electrons. The highest BCUT2D eigenvalue weighted by Gasteiger charge is 2.16. The van der Waals surface area contributed by atoms with Crippen molar-refractivity contribution in [3.8, 4) is 0 Å². The van der Waals surface area contributed by atoms with E-state index in [-0.39, 0.29) is 5.69 Å². The number of carbonyl (C=O) groups is 1. The van der Waals surface area contributed by atoms with Crippen molar-refractivity contribution in [3.63, 3.8) is 0 Å². The van der Waals surface area contributed by atoms with Gasteiger partial charge in [-0.3, -0.25) is 4.98 Å². The van der Waals surface area contributed by atoms with Crippen LogP contribution in [-0.2, 0) is 11.3 Å². The molecule has 2 aromatic heterocycles. The number of thiazole rings is 1. The van der Waals surface area contributed by atoms with Crippen molar-refractivity contribution in [1.29, 1.82) is 0 Å². The molecule has 0 fully saturated rings. The minimum Gasteiger partial charge on any atom is -0.464 e. The highest BCUT2D eigenvalue weighted by Crippen LogP contribution is 2.15. The summed E-state index contributed by atoms with van der Waals surface area (Å²) in [5, 5.41) is 0. The smallest absolute Gasteiger partial charge is 0.360 e. The third-order valence-corrected chi connectivity index (χ3v) is 2.83. The lowest BCUT2D eigenvalue weighted by Gasteiger charge is -2.02. The number of hydrogen-bond donors (Lipinski definition) is 1. The molecular weight excluding hydrogens is 228 g/mol. The molecule has 2 rings (SSSR count). The van der Waals surface area contributed by atoms with Crippen LogP contribution < -0.4 is 5.73 Å². The Hall–Kier alpha value is -1.89. The molecule has 16 heavy (non-hydrogen) atoms. The van der Waals surface area contributed by atoms with E-state index >= 15 is 0 Å². The van der Waals surface area contributed by atoms with Gasteiger partial charge in [-0.2, -0.15) is 0 Å². The number of anilines is 1. The number of hydrogen-bond acceptors (Lipinski definition) is 6. The van der Waals surface area contributed by atoms with Gasteiger partial charge < -0.3 is 15.0 Å². The van der Waals surface area contributed by atoms with Crippen LogP contribution in [0, 0.1) is 0 Å². The van der Waals surface area contributed by atoms with E-state index in [0.29, 0.717) is 12.4 Å². The average molecular weight is 238 g/mol. The highest BCUT2D eigenvalue weighted by molar-refractivity contribution is 7.09. The Morgan fingerprint density at radius 3 is 3.12 bits per heavy atom. The number of ether oxygens (including phenoxy) is 1. The molecule has 2 heterocycles. The fraction of sp³-hybridized carbons (Fsp3) is 0.222. The zero-order chi connectivity index (χ0) is 11.5. The van der Waals surface area contributed by atoms with Gasteiger partial charge in [0.1, 0.15) is 5.82 Å². The minimum absolute atomic E-state index is 0.145. The molecule has 0 saturated heterocycles. The summed E-state index contributed by atoms with van der Waals surface area (Å²) in [7, 11) is 1.30. The van der Waals surface area contributed by atoms with Crippen LogP contribution in [0.4, 0.5) is 5.82 Å². The summed E-state index contributed by atoms with van der Waals surface area (Å²) in [5.74, 6) is -0.221. The summed E-state index contributed by atoms with van der Waals surface area (Å²) in [6.07, 6.45) is 3.27. The van der Waals surface area contributed by atoms with Gasteiger partial charge in [0, 0.05) is 11.1 Å². The third-order valence-electron chi connectivity index (χ3n) is 2.07. The second kappa shape index (κ2) is 4.31. The topological polar surface area (TPSA) is 83.0 Å². The molecule has 0 radical (unpaired) electrons. The van der Waals surface area contributed by atoms with Gasteiger partial charge >= 0.3 is 5.97 Å². The molecule has 0 unspecified atom stereocenters. The van der Waals surface area contributed by atoms with Crippen molar-refractivity contribution in [1.82, 2.24) is 14.5 Å². The van der Waals surface area contributed by atoms with Gasteiger partial charge in [-0.1, -0.05) is 0 Å². The monoisotopic (exact) mass is 238 g/mol. The summed E-state index contributed by atoms with van der Waals surface area (Å²) in [5.41, 5.74) is 7.67. The van der Waals surface area contributed by atoms with E-state index in [9.17, 15) is 4.79 Å². The van der Waals surface area contributed by atoms with E-state index in [2.05, 4.69) is 14.7 Å². The number of nitrogens with zero attached hydrogens (tertiary/aromatic N) is 3. The van der Waals surface area contributed by atoms with Crippen LogP contribution in [0.2, 0.25) is 0 Å². The number of rotatable bonds is 3. The van der Waals surface area contributed by atoms with E-state index < -0.39 is 5.97 Å². The first-order valence-corrected chi connectivity index (χ1v) is 5.36. The normalized spacial score (nSPS) is 10.3. The molecule has 2 N–H and O–H groups in total. The fourth-order valence-corrected chi connectivity index (χ4v) is 1.85. The fourth-order valence-electron chi connectivity index (χ4n) is 1.26. The first-order valence-electron chi connectivity index (χ1n) is 4.48. The maximum absolute atomic E-state index is 11.3. The number of imidazole rings is 1. The Morgan fingerprint density at radius 2 is 2.50 bits per heavy atom. The van der Waals surface area contributed by atoms with Crippen LogP contribution in [0.1, 0.15) is 15.4 Å².